The van der Waals surface area contributed by atoms with Gasteiger partial charge in [-0.1, -0.05) is 29.8 Å². The van der Waals surface area contributed by atoms with E-state index in [1.807, 2.05) is 44.2 Å². The molecule has 0 fully saturated rings. The minimum Gasteiger partial charge on any atom is -0.385 e. The number of aryl methyl sites for hydroxylation is 1. The highest BCUT2D eigenvalue weighted by Crippen LogP contribution is 2.26. The predicted molar refractivity (Wildman–Crippen MR) is 76.4 cm³/mol. The third-order valence-corrected chi connectivity index (χ3v) is 3.42. The zero-order valence-electron chi connectivity index (χ0n) is 10.5. The van der Waals surface area contributed by atoms with Gasteiger partial charge in [-0.15, -0.1) is 0 Å². The molecule has 0 amide bonds. The van der Waals surface area contributed by atoms with Gasteiger partial charge in [0.05, 0.1) is 5.60 Å². The molecule has 2 nitrogen and oxygen atoms in total. The van der Waals surface area contributed by atoms with E-state index in [1.54, 1.807) is 12.4 Å². The van der Waals surface area contributed by atoms with Crippen molar-refractivity contribution in [3.8, 4) is 0 Å². The Kier molecular flexibility index (Phi) is 3.83. The number of aromatic nitrogens is 1. The second-order valence-corrected chi connectivity index (χ2v) is 5.74. The summed E-state index contributed by atoms with van der Waals surface area (Å²) in [5, 5.41) is 10.6. The van der Waals surface area contributed by atoms with Crippen LogP contribution in [0.5, 0.6) is 0 Å². The molecule has 0 aliphatic rings. The maximum Gasteiger partial charge on any atom is 0.0909 e. The minimum atomic E-state index is -0.879. The molecule has 1 atom stereocenters. The molecule has 1 N–H and O–H groups in total. The third-order valence-electron chi connectivity index (χ3n) is 2.98. The minimum absolute atomic E-state index is 0.544. The molecule has 1 unspecified atom stereocenters. The largest absolute Gasteiger partial charge is 0.385 e. The van der Waals surface area contributed by atoms with Crippen LogP contribution in [0.25, 0.3) is 0 Å². The van der Waals surface area contributed by atoms with E-state index in [2.05, 4.69) is 20.9 Å². The quantitative estimate of drug-likeness (QED) is 0.940. The van der Waals surface area contributed by atoms with Crippen LogP contribution in [0.4, 0.5) is 0 Å². The first-order valence-electron chi connectivity index (χ1n) is 5.86. The molecule has 0 spiro atoms. The van der Waals surface area contributed by atoms with Gasteiger partial charge in [0, 0.05) is 23.3 Å². The van der Waals surface area contributed by atoms with Crippen LogP contribution in [0.3, 0.4) is 0 Å². The monoisotopic (exact) mass is 305 g/mol. The van der Waals surface area contributed by atoms with Gasteiger partial charge in [0.15, 0.2) is 0 Å². The molecule has 0 saturated carbocycles. The van der Waals surface area contributed by atoms with E-state index < -0.39 is 5.60 Å². The van der Waals surface area contributed by atoms with Crippen LogP contribution in [0.15, 0.2) is 47.2 Å². The fourth-order valence-electron chi connectivity index (χ4n) is 1.96. The van der Waals surface area contributed by atoms with E-state index in [0.29, 0.717) is 6.42 Å². The van der Waals surface area contributed by atoms with Gasteiger partial charge in [-0.05, 0) is 47.0 Å². The number of hydrogen-bond acceptors (Lipinski definition) is 2. The van der Waals surface area contributed by atoms with Gasteiger partial charge >= 0.3 is 0 Å². The second kappa shape index (κ2) is 5.21. The first kappa shape index (κ1) is 13.2. The van der Waals surface area contributed by atoms with E-state index in [-0.39, 0.29) is 0 Å². The maximum absolute atomic E-state index is 10.6. The van der Waals surface area contributed by atoms with E-state index >= 15 is 0 Å². The Hall–Kier alpha value is -1.19. The lowest BCUT2D eigenvalue weighted by Crippen LogP contribution is -2.24. The fraction of sp³-hybridized carbons (Fsp3) is 0.267. The summed E-state index contributed by atoms with van der Waals surface area (Å²) < 4.78 is 0.930. The lowest BCUT2D eigenvalue weighted by Gasteiger charge is -2.24. The Morgan fingerprint density at radius 1 is 1.22 bits per heavy atom. The standard InChI is InChI=1S/C15H16BrNO/c1-11-3-5-13(6-4-11)15(2,18)8-12-7-14(16)10-17-9-12/h3-7,9-10,18H,8H2,1-2H3. The zero-order valence-corrected chi connectivity index (χ0v) is 12.1. The molecule has 2 aromatic rings. The first-order valence-corrected chi connectivity index (χ1v) is 6.66. The summed E-state index contributed by atoms with van der Waals surface area (Å²) in [6.07, 6.45) is 4.07. The van der Waals surface area contributed by atoms with Crippen molar-refractivity contribution >= 4 is 15.9 Å². The van der Waals surface area contributed by atoms with Crippen LogP contribution < -0.4 is 0 Å². The number of nitrogens with zero attached hydrogens (tertiary/aromatic N) is 1. The Labute approximate surface area is 116 Å². The van der Waals surface area contributed by atoms with Gasteiger partial charge in [-0.2, -0.15) is 0 Å². The molecule has 1 aromatic heterocycles. The average Bonchev–Trinajstić information content (AvgIpc) is 2.29. The van der Waals surface area contributed by atoms with E-state index in [4.69, 9.17) is 0 Å². The maximum atomic E-state index is 10.6. The highest BCUT2D eigenvalue weighted by Gasteiger charge is 2.23. The summed E-state index contributed by atoms with van der Waals surface area (Å²) in [4.78, 5) is 4.12. The van der Waals surface area contributed by atoms with Crippen molar-refractivity contribution in [1.29, 1.82) is 0 Å². The molecule has 0 bridgehead atoms. The summed E-state index contributed by atoms with van der Waals surface area (Å²) in [5.74, 6) is 0. The fourth-order valence-corrected chi connectivity index (χ4v) is 2.38. The lowest BCUT2D eigenvalue weighted by atomic mass is 9.89. The summed E-state index contributed by atoms with van der Waals surface area (Å²) in [7, 11) is 0. The molecule has 0 radical (unpaired) electrons. The number of aliphatic hydroxyl groups is 1. The van der Waals surface area contributed by atoms with Gasteiger partial charge in [0.1, 0.15) is 0 Å². The predicted octanol–water partition coefficient (Wildman–Crippen LogP) is 3.60. The molecular formula is C15H16BrNO. The Bertz CT molecular complexity index is 534. The van der Waals surface area contributed by atoms with Gasteiger partial charge in [-0.25, -0.2) is 0 Å². The van der Waals surface area contributed by atoms with Crippen molar-refractivity contribution in [3.63, 3.8) is 0 Å². The van der Waals surface area contributed by atoms with E-state index in [0.717, 1.165) is 15.6 Å². The average molecular weight is 306 g/mol. The summed E-state index contributed by atoms with van der Waals surface area (Å²) in [5.41, 5.74) is 2.25. The van der Waals surface area contributed by atoms with Crippen molar-refractivity contribution < 1.29 is 5.11 Å². The topological polar surface area (TPSA) is 33.1 Å². The van der Waals surface area contributed by atoms with E-state index in [9.17, 15) is 5.11 Å². The van der Waals surface area contributed by atoms with Crippen LogP contribution >= 0.6 is 15.9 Å². The first-order chi connectivity index (χ1) is 8.47. The highest BCUT2D eigenvalue weighted by atomic mass is 79.9. The van der Waals surface area contributed by atoms with Crippen LogP contribution in [-0.2, 0) is 12.0 Å². The van der Waals surface area contributed by atoms with Crippen molar-refractivity contribution in [2.24, 2.45) is 0 Å². The summed E-state index contributed by atoms with van der Waals surface area (Å²) in [6, 6.07) is 9.96. The molecule has 0 aliphatic heterocycles. The van der Waals surface area contributed by atoms with Gasteiger partial charge in [0.2, 0.25) is 0 Å². The Balaban J connectivity index is 2.23. The van der Waals surface area contributed by atoms with Gasteiger partial charge in [-0.3, -0.25) is 4.98 Å². The molecule has 94 valence electrons. The Morgan fingerprint density at radius 2 is 1.89 bits per heavy atom. The number of rotatable bonds is 3. The number of hydrogen-bond donors (Lipinski definition) is 1. The van der Waals surface area contributed by atoms with Gasteiger partial charge < -0.3 is 5.11 Å². The molecule has 18 heavy (non-hydrogen) atoms. The lowest BCUT2D eigenvalue weighted by molar-refractivity contribution is 0.0575. The highest BCUT2D eigenvalue weighted by molar-refractivity contribution is 9.10. The number of pyridine rings is 1. The molecule has 0 saturated heterocycles. The van der Waals surface area contributed by atoms with Crippen LogP contribution in [0.1, 0.15) is 23.6 Å². The van der Waals surface area contributed by atoms with Crippen molar-refractivity contribution in [2.45, 2.75) is 25.9 Å². The zero-order chi connectivity index (χ0) is 13.2. The van der Waals surface area contributed by atoms with Crippen LogP contribution in [0, 0.1) is 6.92 Å². The van der Waals surface area contributed by atoms with Gasteiger partial charge in [0.25, 0.3) is 0 Å². The normalized spacial score (nSPS) is 14.2. The molecule has 0 aliphatic carbocycles. The van der Waals surface area contributed by atoms with Crippen molar-refractivity contribution in [1.82, 2.24) is 4.98 Å². The number of benzene rings is 1. The van der Waals surface area contributed by atoms with Crippen molar-refractivity contribution in [2.75, 3.05) is 0 Å². The third kappa shape index (κ3) is 3.18. The summed E-state index contributed by atoms with van der Waals surface area (Å²) in [6.45, 7) is 3.87. The molecule has 3 heteroatoms. The van der Waals surface area contributed by atoms with E-state index in [1.165, 1.54) is 5.56 Å². The second-order valence-electron chi connectivity index (χ2n) is 4.83. The van der Waals surface area contributed by atoms with Crippen LogP contribution in [-0.4, -0.2) is 10.1 Å². The molecule has 1 aromatic carbocycles. The molecule has 2 rings (SSSR count). The Morgan fingerprint density at radius 3 is 2.50 bits per heavy atom. The SMILES string of the molecule is Cc1ccc(C(C)(O)Cc2cncc(Br)c2)cc1. The molecule has 1 heterocycles. The van der Waals surface area contributed by atoms with Crippen molar-refractivity contribution in [3.05, 3.63) is 63.9 Å². The molecular weight excluding hydrogens is 290 g/mol. The number of halogens is 1. The smallest absolute Gasteiger partial charge is 0.0909 e. The summed E-state index contributed by atoms with van der Waals surface area (Å²) >= 11 is 3.39. The van der Waals surface area contributed by atoms with Crippen LogP contribution in [0.2, 0.25) is 0 Å².